The Morgan fingerprint density at radius 2 is 1.84 bits per heavy atom. The number of amides is 4. The average Bonchev–Trinajstić information content (AvgIpc) is 3.00. The van der Waals surface area contributed by atoms with Crippen LogP contribution in [-0.4, -0.2) is 46.5 Å². The van der Waals surface area contributed by atoms with Crippen molar-refractivity contribution in [3.63, 3.8) is 0 Å². The lowest BCUT2D eigenvalue weighted by atomic mass is 10.0. The van der Waals surface area contributed by atoms with Crippen LogP contribution in [0, 0.1) is 0 Å². The fourth-order valence-electron chi connectivity index (χ4n) is 3.85. The third kappa shape index (κ3) is 3.79. The zero-order valence-corrected chi connectivity index (χ0v) is 17.1. The monoisotopic (exact) mass is 418 g/mol. The van der Waals surface area contributed by atoms with E-state index in [0.29, 0.717) is 17.9 Å². The molecule has 2 aromatic carbocycles. The summed E-state index contributed by atoms with van der Waals surface area (Å²) in [5, 5.41) is 5.41. The second-order valence-electron chi connectivity index (χ2n) is 7.58. The van der Waals surface area contributed by atoms with E-state index >= 15 is 0 Å². The molecule has 4 amide bonds. The summed E-state index contributed by atoms with van der Waals surface area (Å²) in [6.45, 7) is 4.38. The smallest absolute Gasteiger partial charge is 0.262 e. The normalized spacial score (nSPS) is 18.0. The van der Waals surface area contributed by atoms with Crippen molar-refractivity contribution in [1.29, 1.82) is 0 Å². The van der Waals surface area contributed by atoms with Crippen molar-refractivity contribution >= 4 is 29.3 Å². The van der Waals surface area contributed by atoms with Crippen molar-refractivity contribution in [2.45, 2.75) is 25.4 Å². The molecule has 1 fully saturated rings. The predicted octanol–water partition coefficient (Wildman–Crippen LogP) is 2.10. The highest BCUT2D eigenvalue weighted by Gasteiger charge is 2.45. The third-order valence-corrected chi connectivity index (χ3v) is 5.49. The molecule has 31 heavy (non-hydrogen) atoms. The van der Waals surface area contributed by atoms with Crippen LogP contribution in [0.2, 0.25) is 0 Å². The standard InChI is InChI=1S/C23H22N4O4/c1-14(24-16-8-4-3-5-9-16)26(2)13-15-7-6-10-17-20(15)23(31)27(22(17)30)18-11-12-19(28)25-21(18)29/h3-10,18,24H,1,11-13H2,2H3,(H,25,28,29). The molecule has 2 aliphatic rings. The van der Waals surface area contributed by atoms with Crippen LogP contribution in [0.3, 0.4) is 0 Å². The van der Waals surface area contributed by atoms with Gasteiger partial charge in [-0.2, -0.15) is 0 Å². The van der Waals surface area contributed by atoms with E-state index in [9.17, 15) is 19.2 Å². The Bertz CT molecular complexity index is 1100. The number of nitrogens with zero attached hydrogens (tertiary/aromatic N) is 2. The summed E-state index contributed by atoms with van der Waals surface area (Å²) in [6.07, 6.45) is 0.216. The van der Waals surface area contributed by atoms with Gasteiger partial charge in [-0.1, -0.05) is 36.9 Å². The molecule has 1 saturated heterocycles. The number of hydrogen-bond donors (Lipinski definition) is 2. The molecule has 0 spiro atoms. The van der Waals surface area contributed by atoms with Crippen LogP contribution >= 0.6 is 0 Å². The lowest BCUT2D eigenvalue weighted by molar-refractivity contribution is -0.136. The molecule has 2 N–H and O–H groups in total. The number of carbonyl (C=O) groups excluding carboxylic acids is 4. The van der Waals surface area contributed by atoms with Gasteiger partial charge >= 0.3 is 0 Å². The van der Waals surface area contributed by atoms with Gasteiger partial charge in [0.25, 0.3) is 11.8 Å². The topological polar surface area (TPSA) is 98.8 Å². The van der Waals surface area contributed by atoms with E-state index in [1.807, 2.05) is 42.3 Å². The summed E-state index contributed by atoms with van der Waals surface area (Å²) >= 11 is 0. The number of para-hydroxylation sites is 1. The minimum Gasteiger partial charge on any atom is -0.357 e. The Morgan fingerprint density at radius 3 is 2.55 bits per heavy atom. The van der Waals surface area contributed by atoms with Gasteiger partial charge in [-0.15, -0.1) is 0 Å². The number of fused-ring (bicyclic) bond motifs is 1. The van der Waals surface area contributed by atoms with E-state index in [1.54, 1.807) is 18.2 Å². The van der Waals surface area contributed by atoms with Crippen molar-refractivity contribution in [1.82, 2.24) is 15.1 Å². The number of nitrogens with one attached hydrogen (secondary N) is 2. The average molecular weight is 418 g/mol. The van der Waals surface area contributed by atoms with Crippen molar-refractivity contribution < 1.29 is 19.2 Å². The molecule has 0 radical (unpaired) electrons. The molecule has 158 valence electrons. The van der Waals surface area contributed by atoms with Gasteiger partial charge < -0.3 is 10.2 Å². The van der Waals surface area contributed by atoms with Gasteiger partial charge in [-0.25, -0.2) is 0 Å². The predicted molar refractivity (Wildman–Crippen MR) is 114 cm³/mol. The summed E-state index contributed by atoms with van der Waals surface area (Å²) in [4.78, 5) is 52.6. The SMILES string of the molecule is C=C(Nc1ccccc1)N(C)Cc1cccc2c1C(=O)N(C1CCC(=O)NC1=O)C2=O. The highest BCUT2D eigenvalue weighted by molar-refractivity contribution is 6.24. The molecule has 0 aromatic heterocycles. The molecular weight excluding hydrogens is 396 g/mol. The Hall–Kier alpha value is -3.94. The van der Waals surface area contributed by atoms with Crippen LogP contribution in [-0.2, 0) is 16.1 Å². The molecule has 1 unspecified atom stereocenters. The minimum atomic E-state index is -0.981. The lowest BCUT2D eigenvalue weighted by Crippen LogP contribution is -2.54. The Labute approximate surface area is 179 Å². The summed E-state index contributed by atoms with van der Waals surface area (Å²) < 4.78 is 0. The Kier molecular flexibility index (Phi) is 5.29. The van der Waals surface area contributed by atoms with Crippen LogP contribution in [0.1, 0.15) is 39.1 Å². The van der Waals surface area contributed by atoms with Gasteiger partial charge in [0.15, 0.2) is 0 Å². The van der Waals surface area contributed by atoms with Crippen molar-refractivity contribution in [3.05, 3.63) is 77.6 Å². The molecule has 8 nitrogen and oxygen atoms in total. The fourth-order valence-corrected chi connectivity index (χ4v) is 3.85. The van der Waals surface area contributed by atoms with E-state index in [4.69, 9.17) is 0 Å². The minimum absolute atomic E-state index is 0.0877. The van der Waals surface area contributed by atoms with Crippen molar-refractivity contribution in [3.8, 4) is 0 Å². The van der Waals surface area contributed by atoms with Crippen LogP contribution in [0.15, 0.2) is 60.9 Å². The first-order valence-corrected chi connectivity index (χ1v) is 9.92. The molecule has 2 aliphatic heterocycles. The van der Waals surface area contributed by atoms with Crippen LogP contribution < -0.4 is 10.6 Å². The van der Waals surface area contributed by atoms with Gasteiger partial charge in [0.2, 0.25) is 11.8 Å². The molecule has 2 heterocycles. The first kappa shape index (κ1) is 20.3. The molecule has 0 saturated carbocycles. The Morgan fingerprint density at radius 1 is 1.10 bits per heavy atom. The maximum atomic E-state index is 13.2. The van der Waals surface area contributed by atoms with Crippen molar-refractivity contribution in [2.75, 3.05) is 12.4 Å². The zero-order valence-electron chi connectivity index (χ0n) is 17.1. The van der Waals surface area contributed by atoms with Crippen molar-refractivity contribution in [2.24, 2.45) is 0 Å². The molecule has 2 aromatic rings. The van der Waals surface area contributed by atoms with Crippen LogP contribution in [0.5, 0.6) is 0 Å². The summed E-state index contributed by atoms with van der Waals surface area (Å²) in [5.41, 5.74) is 2.09. The number of benzene rings is 2. The lowest BCUT2D eigenvalue weighted by Gasteiger charge is -2.28. The first-order valence-electron chi connectivity index (χ1n) is 9.92. The van der Waals surface area contributed by atoms with E-state index < -0.39 is 29.7 Å². The number of anilines is 1. The molecule has 8 heteroatoms. The molecule has 0 aliphatic carbocycles. The quantitative estimate of drug-likeness (QED) is 0.697. The number of hydrogen-bond acceptors (Lipinski definition) is 6. The van der Waals surface area contributed by atoms with Crippen LogP contribution in [0.25, 0.3) is 0 Å². The van der Waals surface area contributed by atoms with E-state index in [-0.39, 0.29) is 24.0 Å². The maximum absolute atomic E-state index is 13.2. The summed E-state index contributed by atoms with van der Waals surface area (Å²) in [6, 6.07) is 13.7. The number of carbonyl (C=O) groups is 4. The zero-order chi connectivity index (χ0) is 22.1. The highest BCUT2D eigenvalue weighted by Crippen LogP contribution is 2.30. The molecule has 0 bridgehead atoms. The van der Waals surface area contributed by atoms with Gasteiger partial charge in [-0.3, -0.25) is 29.4 Å². The van der Waals surface area contributed by atoms with E-state index in [1.165, 1.54) is 0 Å². The number of imide groups is 2. The van der Waals surface area contributed by atoms with Crippen LogP contribution in [0.4, 0.5) is 5.69 Å². The largest absolute Gasteiger partial charge is 0.357 e. The van der Waals surface area contributed by atoms with Gasteiger partial charge in [0.05, 0.1) is 16.9 Å². The molecule has 4 rings (SSSR count). The van der Waals surface area contributed by atoms with Gasteiger partial charge in [0.1, 0.15) is 6.04 Å². The number of rotatable bonds is 6. The Balaban J connectivity index is 1.55. The van der Waals surface area contributed by atoms with Gasteiger partial charge in [-0.05, 0) is 30.2 Å². The third-order valence-electron chi connectivity index (χ3n) is 5.49. The van der Waals surface area contributed by atoms with Gasteiger partial charge in [0, 0.05) is 25.7 Å². The second-order valence-corrected chi connectivity index (χ2v) is 7.58. The first-order chi connectivity index (χ1) is 14.9. The number of piperidine rings is 1. The molecular formula is C23H22N4O4. The second kappa shape index (κ2) is 8.06. The fraction of sp³-hybridized carbons (Fsp3) is 0.217. The summed E-state index contributed by atoms with van der Waals surface area (Å²) in [7, 11) is 1.83. The maximum Gasteiger partial charge on any atom is 0.262 e. The van der Waals surface area contributed by atoms with E-state index in [2.05, 4.69) is 17.2 Å². The van der Waals surface area contributed by atoms with E-state index in [0.717, 1.165) is 10.6 Å². The highest BCUT2D eigenvalue weighted by atomic mass is 16.2. The summed E-state index contributed by atoms with van der Waals surface area (Å²) in [5.74, 6) is -1.42. The molecule has 1 atom stereocenters.